The van der Waals surface area contributed by atoms with Crippen LogP contribution < -0.4 is 0 Å². The van der Waals surface area contributed by atoms with Gasteiger partial charge in [-0.15, -0.1) is 0 Å². The molecule has 59 heavy (non-hydrogen) atoms. The number of aliphatic hydroxyl groups excluding tert-OH is 5. The smallest absolute Gasteiger partial charge is 0.462 e. The van der Waals surface area contributed by atoms with Gasteiger partial charge >= 0.3 is 19.8 Å². The molecule has 1 aliphatic rings. The lowest BCUT2D eigenvalue weighted by atomic mass is 9.85. The van der Waals surface area contributed by atoms with Crippen LogP contribution in [0.1, 0.15) is 142 Å². The Balaban J connectivity index is 2.52. The highest BCUT2D eigenvalue weighted by Crippen LogP contribution is 2.47. The van der Waals surface area contributed by atoms with Gasteiger partial charge in [-0.2, -0.15) is 0 Å². The highest BCUT2D eigenvalue weighted by Gasteiger charge is 2.51. The van der Waals surface area contributed by atoms with Crippen molar-refractivity contribution in [2.45, 2.75) is 185 Å². The quantitative estimate of drug-likeness (QED) is 0.0157. The predicted octanol–water partition coefficient (Wildman–Crippen LogP) is 7.94. The summed E-state index contributed by atoms with van der Waals surface area (Å²) in [6.45, 7) is 3.02. The molecular formula is C45H75O13P. The van der Waals surface area contributed by atoms with Crippen molar-refractivity contribution in [3.8, 4) is 0 Å². The normalized spacial score (nSPS) is 23.1. The molecule has 0 amide bonds. The molecule has 1 fully saturated rings. The van der Waals surface area contributed by atoms with Crippen molar-refractivity contribution in [1.29, 1.82) is 0 Å². The first-order chi connectivity index (χ1) is 28.4. The van der Waals surface area contributed by atoms with Gasteiger partial charge in [0.25, 0.3) is 0 Å². The molecule has 14 heteroatoms. The van der Waals surface area contributed by atoms with E-state index in [0.29, 0.717) is 12.8 Å². The van der Waals surface area contributed by atoms with Gasteiger partial charge in [-0.1, -0.05) is 125 Å². The Morgan fingerprint density at radius 2 is 0.915 bits per heavy atom. The summed E-state index contributed by atoms with van der Waals surface area (Å²) in [7, 11) is -5.13. The van der Waals surface area contributed by atoms with Crippen LogP contribution in [0.15, 0.2) is 72.9 Å². The minimum absolute atomic E-state index is 0.0692. The molecule has 338 valence electrons. The molecule has 1 saturated carbocycles. The van der Waals surface area contributed by atoms with Crippen LogP contribution in [-0.2, 0) is 32.7 Å². The molecule has 0 aromatic heterocycles. The van der Waals surface area contributed by atoms with Gasteiger partial charge in [-0.3, -0.25) is 18.6 Å². The molecule has 0 aromatic carbocycles. The Kier molecular flexibility index (Phi) is 32.2. The fourth-order valence-electron chi connectivity index (χ4n) is 6.08. The molecule has 0 aromatic rings. The van der Waals surface area contributed by atoms with Crippen molar-refractivity contribution in [1.82, 2.24) is 0 Å². The van der Waals surface area contributed by atoms with Gasteiger partial charge in [0.15, 0.2) is 6.10 Å². The van der Waals surface area contributed by atoms with Crippen LogP contribution in [0.4, 0.5) is 0 Å². The third-order valence-electron chi connectivity index (χ3n) is 9.54. The minimum Gasteiger partial charge on any atom is -0.462 e. The standard InChI is InChI=1S/C45H75O13P/c1-3-5-7-9-11-13-15-17-19-21-23-25-27-29-31-33-38(46)55-35-37(36-56-59(53,54)58-45-43(51)41(49)40(48)42(50)44(45)52)57-39(47)34-32-30-28-26-24-22-20-18-16-14-12-10-8-6-4-2/h5-8,11-14,17-20,37,40-45,48-52H,3-4,9-10,15-16,21-36H2,1-2H3,(H,53,54)/b7-5-,8-6-,13-11-,14-12-,19-17-,20-18-/t37-,40?,41-,42+,43-,44-,45?/m1/s1. The van der Waals surface area contributed by atoms with Crippen molar-refractivity contribution < 1.29 is 63.1 Å². The van der Waals surface area contributed by atoms with E-state index in [2.05, 4.69) is 86.8 Å². The van der Waals surface area contributed by atoms with E-state index < -0.39 is 75.7 Å². The number of rotatable bonds is 34. The number of phosphoric ester groups is 1. The summed E-state index contributed by atoms with van der Waals surface area (Å²) in [5.41, 5.74) is 0. The van der Waals surface area contributed by atoms with Gasteiger partial charge in [0.05, 0.1) is 6.61 Å². The summed E-state index contributed by atoms with van der Waals surface area (Å²) in [5, 5.41) is 50.1. The molecule has 1 aliphatic carbocycles. The molecule has 0 aliphatic heterocycles. The maximum atomic E-state index is 12.8. The summed E-state index contributed by atoms with van der Waals surface area (Å²) in [6.07, 6.45) is 29.6. The van der Waals surface area contributed by atoms with E-state index in [1.165, 1.54) is 0 Å². The van der Waals surface area contributed by atoms with E-state index in [1.54, 1.807) is 0 Å². The van der Waals surface area contributed by atoms with Crippen LogP contribution in [0.25, 0.3) is 0 Å². The number of aliphatic hydroxyl groups is 5. The zero-order chi connectivity index (χ0) is 43.6. The van der Waals surface area contributed by atoms with Crippen LogP contribution in [-0.4, -0.2) is 98.3 Å². The second-order valence-corrected chi connectivity index (χ2v) is 16.2. The van der Waals surface area contributed by atoms with Crippen LogP contribution >= 0.6 is 7.82 Å². The van der Waals surface area contributed by atoms with Crippen molar-refractivity contribution >= 4 is 19.8 Å². The molecule has 6 N–H and O–H groups in total. The third-order valence-corrected chi connectivity index (χ3v) is 10.5. The second kappa shape index (κ2) is 34.9. The topological polar surface area (TPSA) is 210 Å². The van der Waals surface area contributed by atoms with E-state index in [-0.39, 0.29) is 12.8 Å². The zero-order valence-electron chi connectivity index (χ0n) is 35.5. The highest BCUT2D eigenvalue weighted by molar-refractivity contribution is 7.47. The van der Waals surface area contributed by atoms with Crippen LogP contribution in [0, 0.1) is 0 Å². The van der Waals surface area contributed by atoms with Crippen LogP contribution in [0.5, 0.6) is 0 Å². The minimum atomic E-state index is -5.13. The second-order valence-electron chi connectivity index (χ2n) is 14.8. The molecule has 0 spiro atoms. The average Bonchev–Trinajstić information content (AvgIpc) is 3.21. The van der Waals surface area contributed by atoms with E-state index in [0.717, 1.165) is 103 Å². The van der Waals surface area contributed by atoms with Crippen molar-refractivity contribution in [2.75, 3.05) is 13.2 Å². The Bertz CT molecular complexity index is 1310. The maximum Gasteiger partial charge on any atom is 0.472 e. The molecule has 1 rings (SSSR count). The fraction of sp³-hybridized carbons (Fsp3) is 0.689. The van der Waals surface area contributed by atoms with E-state index >= 15 is 0 Å². The number of esters is 2. The molecule has 0 saturated heterocycles. The molecular weight excluding hydrogens is 779 g/mol. The molecule has 0 radical (unpaired) electrons. The lowest BCUT2D eigenvalue weighted by Gasteiger charge is -2.41. The number of unbranched alkanes of at least 4 members (excludes halogenated alkanes) is 10. The SMILES string of the molecule is CC/C=C\C/C=C\C/C=C\CCCCCCCC(=O)OC[C@H](COP(=O)(O)OC1[C@H](O)[C@H](O)C(O)[C@H](O)[C@H]1O)OC(=O)CCCCCCC/C=C\C/C=C\C/C=C\CC. The zero-order valence-corrected chi connectivity index (χ0v) is 36.4. The van der Waals surface area contributed by atoms with Crippen LogP contribution in [0.3, 0.4) is 0 Å². The lowest BCUT2D eigenvalue weighted by molar-refractivity contribution is -0.220. The van der Waals surface area contributed by atoms with E-state index in [1.807, 2.05) is 0 Å². The monoisotopic (exact) mass is 854 g/mol. The summed E-state index contributed by atoms with van der Waals surface area (Å²) in [5.74, 6) is -1.15. The van der Waals surface area contributed by atoms with Gasteiger partial charge in [-0.25, -0.2) is 4.57 Å². The number of ether oxygens (including phenoxy) is 2. The summed E-state index contributed by atoms with van der Waals surface area (Å²) in [6, 6.07) is 0. The van der Waals surface area contributed by atoms with Crippen LogP contribution in [0.2, 0.25) is 0 Å². The number of carbonyl (C=O) groups is 2. The number of hydrogen-bond donors (Lipinski definition) is 6. The molecule has 0 heterocycles. The number of carbonyl (C=O) groups excluding carboxylic acids is 2. The Morgan fingerprint density at radius 3 is 1.39 bits per heavy atom. The maximum absolute atomic E-state index is 12.8. The Morgan fingerprint density at radius 1 is 0.525 bits per heavy atom. The molecule has 3 unspecified atom stereocenters. The first-order valence-electron chi connectivity index (χ1n) is 21.7. The Hall–Kier alpha value is -2.71. The third kappa shape index (κ3) is 27.7. The van der Waals surface area contributed by atoms with Gasteiger partial charge in [-0.05, 0) is 77.0 Å². The van der Waals surface area contributed by atoms with Gasteiger partial charge in [0, 0.05) is 12.8 Å². The summed E-state index contributed by atoms with van der Waals surface area (Å²) >= 11 is 0. The average molecular weight is 855 g/mol. The molecule has 13 nitrogen and oxygen atoms in total. The first-order valence-corrected chi connectivity index (χ1v) is 23.2. The van der Waals surface area contributed by atoms with E-state index in [4.69, 9.17) is 18.5 Å². The molecule has 0 bridgehead atoms. The molecule has 8 atom stereocenters. The van der Waals surface area contributed by atoms with Gasteiger partial charge < -0.3 is 39.9 Å². The van der Waals surface area contributed by atoms with E-state index in [9.17, 15) is 44.6 Å². The van der Waals surface area contributed by atoms with Gasteiger partial charge in [0.2, 0.25) is 0 Å². The lowest BCUT2D eigenvalue weighted by Crippen LogP contribution is -2.64. The summed E-state index contributed by atoms with van der Waals surface area (Å²) < 4.78 is 33.4. The Labute approximate surface area is 353 Å². The largest absolute Gasteiger partial charge is 0.472 e. The van der Waals surface area contributed by atoms with Gasteiger partial charge in [0.1, 0.15) is 43.2 Å². The van der Waals surface area contributed by atoms with Crippen molar-refractivity contribution in [3.05, 3.63) is 72.9 Å². The predicted molar refractivity (Wildman–Crippen MR) is 230 cm³/mol. The fourth-order valence-corrected chi connectivity index (χ4v) is 7.05. The number of allylic oxidation sites excluding steroid dienone is 12. The number of hydrogen-bond acceptors (Lipinski definition) is 12. The van der Waals surface area contributed by atoms with Crippen molar-refractivity contribution in [3.63, 3.8) is 0 Å². The summed E-state index contributed by atoms with van der Waals surface area (Å²) in [4.78, 5) is 35.6. The first kappa shape index (κ1) is 54.3. The number of phosphoric acid groups is 1. The highest BCUT2D eigenvalue weighted by atomic mass is 31.2. The van der Waals surface area contributed by atoms with Crippen molar-refractivity contribution in [2.24, 2.45) is 0 Å².